The number of benzene rings is 1. The van der Waals surface area contributed by atoms with E-state index in [1.54, 1.807) is 24.1 Å². The second kappa shape index (κ2) is 9.48. The van der Waals surface area contributed by atoms with Gasteiger partial charge in [0.05, 0.1) is 6.20 Å². The van der Waals surface area contributed by atoms with Crippen LogP contribution in [0.5, 0.6) is 0 Å². The summed E-state index contributed by atoms with van der Waals surface area (Å²) < 4.78 is 8.96. The number of pyridine rings is 2. The Morgan fingerprint density at radius 3 is 2.57 bits per heavy atom. The van der Waals surface area contributed by atoms with E-state index in [4.69, 9.17) is 10.5 Å². The summed E-state index contributed by atoms with van der Waals surface area (Å²) >= 11 is 0. The molecule has 2 aliphatic heterocycles. The van der Waals surface area contributed by atoms with Crippen molar-refractivity contribution in [2.24, 2.45) is 13.0 Å². The number of hydrogen-bond donors (Lipinski definition) is 1. The number of fused-ring (bicyclic) bond motifs is 1. The maximum absolute atomic E-state index is 13.4. The zero-order valence-electron chi connectivity index (χ0n) is 20.9. The number of aryl methyl sites for hydroxylation is 1. The predicted octanol–water partition coefficient (Wildman–Crippen LogP) is 3.60. The van der Waals surface area contributed by atoms with Crippen molar-refractivity contribution >= 4 is 28.3 Å². The molecule has 37 heavy (non-hydrogen) atoms. The van der Waals surface area contributed by atoms with E-state index < -0.39 is 0 Å². The number of nitrogens with two attached hydrogens (primary N) is 1. The molecule has 2 aliphatic rings. The zero-order chi connectivity index (χ0) is 25.5. The van der Waals surface area contributed by atoms with E-state index in [9.17, 15) is 9.59 Å². The van der Waals surface area contributed by atoms with Gasteiger partial charge in [0.1, 0.15) is 11.3 Å². The number of nitrogen functional groups attached to an aromatic ring is 1. The van der Waals surface area contributed by atoms with Crippen LogP contribution in [0.15, 0.2) is 53.7 Å². The van der Waals surface area contributed by atoms with Gasteiger partial charge in [-0.2, -0.15) is 5.10 Å². The number of nitrogens with zero attached hydrogens (tertiary/aromatic N) is 5. The number of carbonyl (C=O) groups is 1. The molecule has 0 spiro atoms. The first-order valence-electron chi connectivity index (χ1n) is 12.8. The molecule has 0 aliphatic carbocycles. The fourth-order valence-corrected chi connectivity index (χ4v) is 5.48. The number of carbonyl (C=O) groups excluding carboxylic acids is 1. The summed E-state index contributed by atoms with van der Waals surface area (Å²) in [6.07, 6.45) is 8.79. The van der Waals surface area contributed by atoms with Crippen molar-refractivity contribution in [3.05, 3.63) is 59.3 Å². The average molecular weight is 499 g/mol. The van der Waals surface area contributed by atoms with E-state index in [1.807, 2.05) is 46.0 Å². The van der Waals surface area contributed by atoms with Crippen LogP contribution < -0.4 is 16.2 Å². The Bertz CT molecular complexity index is 1530. The van der Waals surface area contributed by atoms with Crippen molar-refractivity contribution < 1.29 is 9.53 Å². The third-order valence-electron chi connectivity index (χ3n) is 7.57. The molecule has 6 rings (SSSR count). The monoisotopic (exact) mass is 498 g/mol. The van der Waals surface area contributed by atoms with Crippen LogP contribution in [0.1, 0.15) is 25.7 Å². The van der Waals surface area contributed by atoms with Crippen molar-refractivity contribution in [2.45, 2.75) is 32.2 Å². The van der Waals surface area contributed by atoms with Crippen LogP contribution in [-0.2, 0) is 23.1 Å². The smallest absolute Gasteiger partial charge is 0.276 e. The second-order valence-electron chi connectivity index (χ2n) is 9.94. The number of rotatable bonds is 5. The lowest BCUT2D eigenvalue weighted by atomic mass is 9.98. The summed E-state index contributed by atoms with van der Waals surface area (Å²) in [5.41, 5.74) is 11.2. The topological polar surface area (TPSA) is 108 Å². The Balaban J connectivity index is 1.41. The molecule has 0 unspecified atom stereocenters. The molecule has 2 saturated heterocycles. The Kier molecular flexibility index (Phi) is 6.00. The molecule has 190 valence electrons. The van der Waals surface area contributed by atoms with Crippen LogP contribution >= 0.6 is 0 Å². The first-order valence-corrected chi connectivity index (χ1v) is 12.8. The highest BCUT2D eigenvalue weighted by Gasteiger charge is 2.22. The van der Waals surface area contributed by atoms with Gasteiger partial charge in [0.25, 0.3) is 5.56 Å². The van der Waals surface area contributed by atoms with Gasteiger partial charge in [0.2, 0.25) is 5.91 Å². The lowest BCUT2D eigenvalue weighted by Gasteiger charge is -2.23. The van der Waals surface area contributed by atoms with E-state index in [-0.39, 0.29) is 11.5 Å². The lowest BCUT2D eigenvalue weighted by Crippen LogP contribution is -2.28. The van der Waals surface area contributed by atoms with Gasteiger partial charge in [0, 0.05) is 79.9 Å². The molecule has 9 heteroatoms. The van der Waals surface area contributed by atoms with Crippen LogP contribution in [0.2, 0.25) is 0 Å². The third-order valence-corrected chi connectivity index (χ3v) is 7.57. The standard InChI is InChI=1S/C28H30N6O3/c1-32-26-23(15-31-32)24(17-33(28(26)36)16-18-8-11-37-12-9-18)20-13-22(27(29)30-14-20)19-4-6-21(7-5-19)34-10-2-3-25(34)35/h4-7,13-15,17-18H,2-3,8-12,16H2,1H3,(H2,29,30). The molecular formula is C28H30N6O3. The summed E-state index contributed by atoms with van der Waals surface area (Å²) in [5, 5.41) is 5.18. The molecular weight excluding hydrogens is 468 g/mol. The largest absolute Gasteiger partial charge is 0.383 e. The van der Waals surface area contributed by atoms with Crippen molar-refractivity contribution in [2.75, 3.05) is 30.4 Å². The van der Waals surface area contributed by atoms with Crippen molar-refractivity contribution in [3.63, 3.8) is 0 Å². The van der Waals surface area contributed by atoms with Crippen molar-refractivity contribution in [3.8, 4) is 22.3 Å². The minimum Gasteiger partial charge on any atom is -0.383 e. The lowest BCUT2D eigenvalue weighted by molar-refractivity contribution is -0.117. The number of ether oxygens (including phenoxy) is 1. The Hall–Kier alpha value is -3.98. The highest BCUT2D eigenvalue weighted by atomic mass is 16.5. The molecule has 2 fully saturated rings. The first kappa shape index (κ1) is 23.4. The fraction of sp³-hybridized carbons (Fsp3) is 0.357. The summed E-state index contributed by atoms with van der Waals surface area (Å²) in [7, 11) is 1.80. The van der Waals surface area contributed by atoms with Crippen LogP contribution in [-0.4, -0.2) is 45.0 Å². The van der Waals surface area contributed by atoms with Crippen molar-refractivity contribution in [1.82, 2.24) is 19.3 Å². The molecule has 1 amide bonds. The van der Waals surface area contributed by atoms with E-state index in [0.29, 0.717) is 30.2 Å². The number of anilines is 2. The van der Waals surface area contributed by atoms with E-state index in [1.165, 1.54) is 0 Å². The summed E-state index contributed by atoms with van der Waals surface area (Å²) in [5.74, 6) is 0.977. The third kappa shape index (κ3) is 4.29. The van der Waals surface area contributed by atoms with Gasteiger partial charge in [-0.3, -0.25) is 14.3 Å². The first-order chi connectivity index (χ1) is 18.0. The molecule has 0 bridgehead atoms. The Labute approximate surface area is 214 Å². The number of hydrogen-bond acceptors (Lipinski definition) is 6. The van der Waals surface area contributed by atoms with Crippen LogP contribution in [0.25, 0.3) is 33.2 Å². The van der Waals surface area contributed by atoms with Crippen LogP contribution in [0.3, 0.4) is 0 Å². The normalized spacial score (nSPS) is 16.7. The summed E-state index contributed by atoms with van der Waals surface area (Å²) in [4.78, 5) is 31.8. The molecule has 1 aromatic carbocycles. The highest BCUT2D eigenvalue weighted by molar-refractivity contribution is 5.96. The minimum absolute atomic E-state index is 0.0408. The number of aromatic nitrogens is 4. The van der Waals surface area contributed by atoms with E-state index in [2.05, 4.69) is 10.1 Å². The van der Waals surface area contributed by atoms with Gasteiger partial charge in [-0.15, -0.1) is 0 Å². The Morgan fingerprint density at radius 2 is 1.84 bits per heavy atom. The molecule has 2 N–H and O–H groups in total. The summed E-state index contributed by atoms with van der Waals surface area (Å²) in [6, 6.07) is 9.88. The zero-order valence-corrected chi connectivity index (χ0v) is 20.9. The van der Waals surface area contributed by atoms with Crippen LogP contribution in [0.4, 0.5) is 11.5 Å². The fourth-order valence-electron chi connectivity index (χ4n) is 5.48. The van der Waals surface area contributed by atoms with Gasteiger partial charge < -0.3 is 19.9 Å². The van der Waals surface area contributed by atoms with Gasteiger partial charge in [-0.05, 0) is 48.9 Å². The van der Waals surface area contributed by atoms with E-state index >= 15 is 0 Å². The molecule has 0 radical (unpaired) electrons. The van der Waals surface area contributed by atoms with Gasteiger partial charge in [-0.25, -0.2) is 4.98 Å². The second-order valence-corrected chi connectivity index (χ2v) is 9.94. The molecule has 4 aromatic rings. The molecule has 9 nitrogen and oxygen atoms in total. The maximum Gasteiger partial charge on any atom is 0.276 e. The average Bonchev–Trinajstić information content (AvgIpc) is 3.52. The van der Waals surface area contributed by atoms with E-state index in [0.717, 1.165) is 72.3 Å². The Morgan fingerprint density at radius 1 is 1.05 bits per heavy atom. The number of amides is 1. The molecule has 5 heterocycles. The maximum atomic E-state index is 13.4. The molecule has 0 saturated carbocycles. The SMILES string of the molecule is Cn1ncc2c(-c3cnc(N)c(-c4ccc(N5CCCC5=O)cc4)c3)cn(CC3CCOCC3)c(=O)c21. The minimum atomic E-state index is -0.0408. The highest BCUT2D eigenvalue weighted by Crippen LogP contribution is 2.34. The summed E-state index contributed by atoms with van der Waals surface area (Å²) in [6.45, 7) is 2.86. The predicted molar refractivity (Wildman–Crippen MR) is 143 cm³/mol. The van der Waals surface area contributed by atoms with Gasteiger partial charge in [0.15, 0.2) is 0 Å². The van der Waals surface area contributed by atoms with Crippen LogP contribution in [0, 0.1) is 5.92 Å². The quantitative estimate of drug-likeness (QED) is 0.450. The van der Waals surface area contributed by atoms with Gasteiger partial charge >= 0.3 is 0 Å². The van der Waals surface area contributed by atoms with Crippen molar-refractivity contribution in [1.29, 1.82) is 0 Å². The van der Waals surface area contributed by atoms with Gasteiger partial charge in [-0.1, -0.05) is 12.1 Å². The molecule has 0 atom stereocenters. The molecule has 3 aromatic heterocycles.